The van der Waals surface area contributed by atoms with E-state index in [0.29, 0.717) is 44.7 Å². The number of hydrogen-bond acceptors (Lipinski definition) is 4. The maximum Gasteiger partial charge on any atom is 0.253 e. The van der Waals surface area contributed by atoms with E-state index < -0.39 is 0 Å². The van der Waals surface area contributed by atoms with Crippen LogP contribution in [0.15, 0.2) is 24.3 Å². The summed E-state index contributed by atoms with van der Waals surface area (Å²) >= 11 is 0. The van der Waals surface area contributed by atoms with Gasteiger partial charge in [-0.15, -0.1) is 0 Å². The van der Waals surface area contributed by atoms with E-state index in [1.807, 2.05) is 37.8 Å². The molecular weight excluding hydrogens is 356 g/mol. The molecule has 1 N–H and O–H groups in total. The van der Waals surface area contributed by atoms with Crippen molar-refractivity contribution < 1.29 is 14.4 Å². The number of nitrogens with one attached hydrogen (secondary N) is 1. The lowest BCUT2D eigenvalue weighted by Gasteiger charge is -2.35. The highest BCUT2D eigenvalue weighted by Gasteiger charge is 2.25. The van der Waals surface area contributed by atoms with Crippen molar-refractivity contribution in [1.29, 1.82) is 0 Å². The Morgan fingerprint density at radius 1 is 1.00 bits per heavy atom. The molecule has 2 fully saturated rings. The molecule has 2 aliphatic heterocycles. The lowest BCUT2D eigenvalue weighted by molar-refractivity contribution is -0.124. The maximum atomic E-state index is 12.8. The topological polar surface area (TPSA) is 73.0 Å². The third kappa shape index (κ3) is 5.10. The fourth-order valence-electron chi connectivity index (χ4n) is 3.66. The average Bonchev–Trinajstić information content (AvgIpc) is 3.06. The number of rotatable bonds is 4. The molecule has 2 saturated heterocycles. The molecule has 0 spiro atoms. The van der Waals surface area contributed by atoms with E-state index in [-0.39, 0.29) is 23.3 Å². The van der Waals surface area contributed by atoms with Crippen LogP contribution in [-0.2, 0) is 9.59 Å². The summed E-state index contributed by atoms with van der Waals surface area (Å²) in [6.45, 7) is 9.58. The fourth-order valence-corrected chi connectivity index (χ4v) is 3.66. The predicted molar refractivity (Wildman–Crippen MR) is 108 cm³/mol. The van der Waals surface area contributed by atoms with Crippen LogP contribution in [-0.4, -0.2) is 72.3 Å². The van der Waals surface area contributed by atoms with E-state index in [1.165, 1.54) is 0 Å². The second-order valence-corrected chi connectivity index (χ2v) is 8.56. The molecule has 1 aromatic carbocycles. The quantitative estimate of drug-likeness (QED) is 0.851. The van der Waals surface area contributed by atoms with E-state index in [2.05, 4.69) is 10.2 Å². The van der Waals surface area contributed by atoms with E-state index in [4.69, 9.17) is 0 Å². The molecule has 28 heavy (non-hydrogen) atoms. The summed E-state index contributed by atoms with van der Waals surface area (Å²) in [5.74, 6) is 0.156. The van der Waals surface area contributed by atoms with Crippen LogP contribution < -0.4 is 10.2 Å². The zero-order valence-electron chi connectivity index (χ0n) is 17.0. The van der Waals surface area contributed by atoms with Gasteiger partial charge in [-0.3, -0.25) is 19.3 Å². The molecule has 0 aromatic heterocycles. The van der Waals surface area contributed by atoms with Gasteiger partial charge in [0.2, 0.25) is 11.8 Å². The summed E-state index contributed by atoms with van der Waals surface area (Å²) < 4.78 is 0. The van der Waals surface area contributed by atoms with Gasteiger partial charge in [-0.1, -0.05) is 0 Å². The van der Waals surface area contributed by atoms with Gasteiger partial charge in [0.15, 0.2) is 0 Å². The minimum Gasteiger partial charge on any atom is -0.350 e. The standard InChI is InChI=1S/C21H30N4O3/c1-21(2,3)22-18(26)15-23-11-13-24(14-12-23)20(28)16-6-8-17(9-7-16)25-10-4-5-19(25)27/h6-9H,4-5,10-15H2,1-3H3,(H,22,26). The van der Waals surface area contributed by atoms with Crippen molar-refractivity contribution in [3.05, 3.63) is 29.8 Å². The molecule has 0 unspecified atom stereocenters. The molecule has 7 nitrogen and oxygen atoms in total. The van der Waals surface area contributed by atoms with Crippen molar-refractivity contribution in [2.24, 2.45) is 0 Å². The summed E-state index contributed by atoms with van der Waals surface area (Å²) in [7, 11) is 0. The molecule has 0 saturated carbocycles. The zero-order valence-corrected chi connectivity index (χ0v) is 17.0. The zero-order chi connectivity index (χ0) is 20.3. The fraction of sp³-hybridized carbons (Fsp3) is 0.571. The molecule has 152 valence electrons. The van der Waals surface area contributed by atoms with Gasteiger partial charge >= 0.3 is 0 Å². The molecule has 0 radical (unpaired) electrons. The van der Waals surface area contributed by atoms with Crippen LogP contribution in [0.3, 0.4) is 0 Å². The van der Waals surface area contributed by atoms with Gasteiger partial charge in [-0.2, -0.15) is 0 Å². The summed E-state index contributed by atoms with van der Waals surface area (Å²) in [5.41, 5.74) is 1.25. The Bertz CT molecular complexity index is 731. The Morgan fingerprint density at radius 3 is 2.18 bits per heavy atom. The number of hydrogen-bond donors (Lipinski definition) is 1. The molecule has 0 bridgehead atoms. The number of piperazine rings is 1. The van der Waals surface area contributed by atoms with Gasteiger partial charge in [0, 0.05) is 55.9 Å². The maximum absolute atomic E-state index is 12.8. The largest absolute Gasteiger partial charge is 0.350 e. The third-order valence-corrected chi connectivity index (χ3v) is 5.04. The van der Waals surface area contributed by atoms with Crippen LogP contribution in [0, 0.1) is 0 Å². The molecular formula is C21H30N4O3. The van der Waals surface area contributed by atoms with Gasteiger partial charge in [0.25, 0.3) is 5.91 Å². The lowest BCUT2D eigenvalue weighted by Crippen LogP contribution is -2.52. The normalized spacial score (nSPS) is 18.5. The monoisotopic (exact) mass is 386 g/mol. The van der Waals surface area contributed by atoms with Crippen LogP contribution >= 0.6 is 0 Å². The van der Waals surface area contributed by atoms with E-state index in [9.17, 15) is 14.4 Å². The van der Waals surface area contributed by atoms with Crippen molar-refractivity contribution in [1.82, 2.24) is 15.1 Å². The van der Waals surface area contributed by atoms with Gasteiger partial charge in [0.05, 0.1) is 6.54 Å². The van der Waals surface area contributed by atoms with Crippen LogP contribution in [0.25, 0.3) is 0 Å². The van der Waals surface area contributed by atoms with E-state index in [0.717, 1.165) is 18.7 Å². The second kappa shape index (κ2) is 8.31. The molecule has 2 aliphatic rings. The summed E-state index contributed by atoms with van der Waals surface area (Å²) in [6.07, 6.45) is 1.48. The summed E-state index contributed by atoms with van der Waals surface area (Å²) in [6, 6.07) is 7.30. The molecule has 7 heteroatoms. The van der Waals surface area contributed by atoms with Gasteiger partial charge in [0.1, 0.15) is 0 Å². The minimum atomic E-state index is -0.235. The number of amides is 3. The number of benzene rings is 1. The lowest BCUT2D eigenvalue weighted by atomic mass is 10.1. The van der Waals surface area contributed by atoms with Crippen LogP contribution in [0.1, 0.15) is 44.0 Å². The van der Waals surface area contributed by atoms with Crippen molar-refractivity contribution in [3.8, 4) is 0 Å². The molecule has 3 rings (SSSR count). The number of carbonyl (C=O) groups is 3. The van der Waals surface area contributed by atoms with Crippen molar-refractivity contribution >= 4 is 23.4 Å². The van der Waals surface area contributed by atoms with Crippen molar-refractivity contribution in [2.75, 3.05) is 44.2 Å². The predicted octanol–water partition coefficient (Wildman–Crippen LogP) is 1.49. The Morgan fingerprint density at radius 2 is 1.64 bits per heavy atom. The smallest absolute Gasteiger partial charge is 0.253 e. The first-order valence-corrected chi connectivity index (χ1v) is 9.96. The third-order valence-electron chi connectivity index (χ3n) is 5.04. The molecule has 0 atom stereocenters. The van der Waals surface area contributed by atoms with Gasteiger partial charge in [-0.25, -0.2) is 0 Å². The highest BCUT2D eigenvalue weighted by atomic mass is 16.2. The Kier molecular flexibility index (Phi) is 6.03. The summed E-state index contributed by atoms with van der Waals surface area (Å²) in [4.78, 5) is 42.3. The molecule has 0 aliphatic carbocycles. The number of anilines is 1. The Balaban J connectivity index is 1.51. The van der Waals surface area contributed by atoms with Crippen LogP contribution in [0.5, 0.6) is 0 Å². The minimum absolute atomic E-state index is 0.00177. The highest BCUT2D eigenvalue weighted by molar-refractivity contribution is 5.97. The SMILES string of the molecule is CC(C)(C)NC(=O)CN1CCN(C(=O)c2ccc(N3CCCC3=O)cc2)CC1. The second-order valence-electron chi connectivity index (χ2n) is 8.56. The Labute approximate surface area is 166 Å². The van der Waals surface area contributed by atoms with Gasteiger partial charge < -0.3 is 15.1 Å². The number of nitrogens with zero attached hydrogens (tertiary/aromatic N) is 3. The number of carbonyl (C=O) groups excluding carboxylic acids is 3. The van der Waals surface area contributed by atoms with E-state index in [1.54, 1.807) is 17.0 Å². The molecule has 2 heterocycles. The van der Waals surface area contributed by atoms with Crippen molar-refractivity contribution in [3.63, 3.8) is 0 Å². The van der Waals surface area contributed by atoms with Crippen LogP contribution in [0.4, 0.5) is 5.69 Å². The van der Waals surface area contributed by atoms with E-state index >= 15 is 0 Å². The molecule has 3 amide bonds. The molecule has 1 aromatic rings. The first-order chi connectivity index (χ1) is 13.2. The van der Waals surface area contributed by atoms with Crippen molar-refractivity contribution in [2.45, 2.75) is 39.2 Å². The first-order valence-electron chi connectivity index (χ1n) is 9.96. The highest BCUT2D eigenvalue weighted by Crippen LogP contribution is 2.22. The van der Waals surface area contributed by atoms with Crippen LogP contribution in [0.2, 0.25) is 0 Å². The summed E-state index contributed by atoms with van der Waals surface area (Å²) in [5, 5.41) is 2.97. The Hall–Kier alpha value is -2.41. The van der Waals surface area contributed by atoms with Gasteiger partial charge in [-0.05, 0) is 51.5 Å². The average molecular weight is 386 g/mol. The first kappa shape index (κ1) is 20.3.